The van der Waals surface area contributed by atoms with Crippen molar-refractivity contribution < 1.29 is 9.59 Å². The van der Waals surface area contributed by atoms with Crippen LogP contribution in [0.1, 0.15) is 12.5 Å². The lowest BCUT2D eigenvalue weighted by Gasteiger charge is -2.07. The zero-order valence-electron chi connectivity index (χ0n) is 10.8. The largest absolute Gasteiger partial charge is 0.307 e. The standard InChI is InChI=1S/C13H13N5O2/c1-8-12(19)14-10-11(15-13(8)20)18(17-16-10)7-9-5-3-2-4-6-9/h2-6,8H,7H2,1H3,(H,14,19)(H,15,20). The van der Waals surface area contributed by atoms with Gasteiger partial charge >= 0.3 is 0 Å². The predicted octanol–water partition coefficient (Wildman–Crippen LogP) is 0.853. The second-order valence-electron chi connectivity index (χ2n) is 4.63. The van der Waals surface area contributed by atoms with Crippen LogP contribution in [0.25, 0.3) is 0 Å². The number of benzene rings is 1. The second-order valence-corrected chi connectivity index (χ2v) is 4.63. The monoisotopic (exact) mass is 271 g/mol. The molecule has 0 saturated carbocycles. The van der Waals surface area contributed by atoms with Gasteiger partial charge in [-0.25, -0.2) is 4.68 Å². The van der Waals surface area contributed by atoms with Crippen molar-refractivity contribution in [2.45, 2.75) is 13.5 Å². The van der Waals surface area contributed by atoms with Gasteiger partial charge in [-0.1, -0.05) is 35.5 Å². The van der Waals surface area contributed by atoms with Gasteiger partial charge in [-0.05, 0) is 12.5 Å². The average molecular weight is 271 g/mol. The van der Waals surface area contributed by atoms with E-state index in [9.17, 15) is 9.59 Å². The van der Waals surface area contributed by atoms with Crippen LogP contribution in [0, 0.1) is 5.92 Å². The van der Waals surface area contributed by atoms with Gasteiger partial charge in [-0.2, -0.15) is 0 Å². The fourth-order valence-corrected chi connectivity index (χ4v) is 1.96. The highest BCUT2D eigenvalue weighted by Crippen LogP contribution is 2.23. The van der Waals surface area contributed by atoms with Crippen LogP contribution in [0.3, 0.4) is 0 Å². The van der Waals surface area contributed by atoms with Crippen molar-refractivity contribution in [2.75, 3.05) is 10.6 Å². The van der Waals surface area contributed by atoms with Crippen molar-refractivity contribution in [3.05, 3.63) is 35.9 Å². The molecule has 2 heterocycles. The molecular formula is C13H13N5O2. The van der Waals surface area contributed by atoms with Gasteiger partial charge in [0.2, 0.25) is 11.8 Å². The molecule has 1 aliphatic rings. The van der Waals surface area contributed by atoms with Crippen molar-refractivity contribution >= 4 is 23.5 Å². The van der Waals surface area contributed by atoms with Crippen molar-refractivity contribution in [3.8, 4) is 0 Å². The number of hydrogen-bond donors (Lipinski definition) is 2. The Morgan fingerprint density at radius 3 is 2.60 bits per heavy atom. The predicted molar refractivity (Wildman–Crippen MR) is 72.0 cm³/mol. The van der Waals surface area contributed by atoms with Crippen LogP contribution < -0.4 is 10.6 Å². The van der Waals surface area contributed by atoms with Crippen molar-refractivity contribution in [3.63, 3.8) is 0 Å². The Kier molecular flexibility index (Phi) is 2.94. The van der Waals surface area contributed by atoms with E-state index in [4.69, 9.17) is 0 Å². The van der Waals surface area contributed by atoms with E-state index in [1.807, 2.05) is 30.3 Å². The Morgan fingerprint density at radius 1 is 1.15 bits per heavy atom. The molecule has 0 aliphatic carbocycles. The van der Waals surface area contributed by atoms with E-state index >= 15 is 0 Å². The molecule has 0 spiro atoms. The minimum atomic E-state index is -0.755. The molecular weight excluding hydrogens is 258 g/mol. The molecule has 2 aromatic rings. The maximum atomic E-state index is 11.8. The number of carbonyl (C=O) groups excluding carboxylic acids is 2. The number of carbonyl (C=O) groups is 2. The molecule has 1 aliphatic heterocycles. The van der Waals surface area contributed by atoms with Crippen LogP contribution in [-0.2, 0) is 16.1 Å². The van der Waals surface area contributed by atoms with Gasteiger partial charge in [-0.15, -0.1) is 5.10 Å². The number of aromatic nitrogens is 3. The van der Waals surface area contributed by atoms with Crippen molar-refractivity contribution in [1.29, 1.82) is 0 Å². The number of nitrogens with zero attached hydrogens (tertiary/aromatic N) is 3. The Morgan fingerprint density at radius 2 is 1.85 bits per heavy atom. The summed E-state index contributed by atoms with van der Waals surface area (Å²) in [5, 5.41) is 13.1. The minimum Gasteiger partial charge on any atom is -0.307 e. The Hall–Kier alpha value is -2.70. The molecule has 1 aromatic heterocycles. The quantitative estimate of drug-likeness (QED) is 0.793. The molecule has 0 bridgehead atoms. The highest BCUT2D eigenvalue weighted by molar-refractivity contribution is 6.14. The summed E-state index contributed by atoms with van der Waals surface area (Å²) in [6, 6.07) is 9.68. The van der Waals surface area contributed by atoms with E-state index < -0.39 is 5.92 Å². The van der Waals surface area contributed by atoms with Crippen LogP contribution in [0.4, 0.5) is 11.6 Å². The first-order valence-corrected chi connectivity index (χ1v) is 6.24. The summed E-state index contributed by atoms with van der Waals surface area (Å²) < 4.78 is 1.56. The van der Waals surface area contributed by atoms with Crippen LogP contribution >= 0.6 is 0 Å². The summed E-state index contributed by atoms with van der Waals surface area (Å²) in [7, 11) is 0. The van der Waals surface area contributed by atoms with E-state index in [2.05, 4.69) is 20.9 Å². The van der Waals surface area contributed by atoms with Gasteiger partial charge in [0.25, 0.3) is 0 Å². The van der Waals surface area contributed by atoms with Crippen LogP contribution in [0.2, 0.25) is 0 Å². The van der Waals surface area contributed by atoms with Gasteiger partial charge in [0.05, 0.1) is 6.54 Å². The van der Waals surface area contributed by atoms with E-state index in [0.29, 0.717) is 12.4 Å². The molecule has 1 aromatic carbocycles. The molecule has 102 valence electrons. The maximum absolute atomic E-state index is 11.8. The molecule has 20 heavy (non-hydrogen) atoms. The van der Waals surface area contributed by atoms with Gasteiger partial charge in [0.1, 0.15) is 5.92 Å². The van der Waals surface area contributed by atoms with Crippen LogP contribution in [0.5, 0.6) is 0 Å². The SMILES string of the molecule is CC1C(=O)Nc2nnn(Cc3ccccc3)c2NC1=O. The third-order valence-electron chi connectivity index (χ3n) is 3.18. The highest BCUT2D eigenvalue weighted by atomic mass is 16.2. The number of hydrogen-bond acceptors (Lipinski definition) is 4. The van der Waals surface area contributed by atoms with Crippen molar-refractivity contribution in [2.24, 2.45) is 5.92 Å². The molecule has 0 saturated heterocycles. The average Bonchev–Trinajstić information content (AvgIpc) is 2.76. The molecule has 7 heteroatoms. The minimum absolute atomic E-state index is 0.281. The number of nitrogens with one attached hydrogen (secondary N) is 2. The molecule has 0 fully saturated rings. The third-order valence-corrected chi connectivity index (χ3v) is 3.18. The summed E-state index contributed by atoms with van der Waals surface area (Å²) >= 11 is 0. The van der Waals surface area contributed by atoms with Crippen LogP contribution in [0.15, 0.2) is 30.3 Å². The zero-order chi connectivity index (χ0) is 14.1. The summed E-state index contributed by atoms with van der Waals surface area (Å²) in [6.45, 7) is 2.01. The molecule has 1 atom stereocenters. The normalized spacial score (nSPS) is 17.9. The molecule has 7 nitrogen and oxygen atoms in total. The van der Waals surface area contributed by atoms with E-state index in [1.165, 1.54) is 0 Å². The Balaban J connectivity index is 1.93. The summed E-state index contributed by atoms with van der Waals surface area (Å²) in [4.78, 5) is 23.6. The van der Waals surface area contributed by atoms with Gasteiger partial charge in [-0.3, -0.25) is 9.59 Å². The molecule has 0 radical (unpaired) electrons. The first-order chi connectivity index (χ1) is 9.65. The first-order valence-electron chi connectivity index (χ1n) is 6.24. The van der Waals surface area contributed by atoms with Gasteiger partial charge < -0.3 is 10.6 Å². The van der Waals surface area contributed by atoms with Crippen LogP contribution in [-0.4, -0.2) is 26.8 Å². The summed E-state index contributed by atoms with van der Waals surface area (Å²) in [5.74, 6) is -0.805. The van der Waals surface area contributed by atoms with Crippen molar-refractivity contribution in [1.82, 2.24) is 15.0 Å². The second kappa shape index (κ2) is 4.76. The molecule has 3 rings (SSSR count). The fourth-order valence-electron chi connectivity index (χ4n) is 1.96. The van der Waals surface area contributed by atoms with E-state index in [1.54, 1.807) is 11.6 Å². The number of fused-ring (bicyclic) bond motifs is 1. The first kappa shape index (κ1) is 12.3. The Bertz CT molecular complexity index is 665. The molecule has 2 amide bonds. The third kappa shape index (κ3) is 2.13. The zero-order valence-corrected chi connectivity index (χ0v) is 10.8. The van der Waals surface area contributed by atoms with E-state index in [-0.39, 0.29) is 17.6 Å². The van der Waals surface area contributed by atoms with Gasteiger partial charge in [0, 0.05) is 0 Å². The van der Waals surface area contributed by atoms with Gasteiger partial charge in [0.15, 0.2) is 11.6 Å². The Labute approximate surface area is 115 Å². The topological polar surface area (TPSA) is 88.9 Å². The van der Waals surface area contributed by atoms with E-state index in [0.717, 1.165) is 5.56 Å². The maximum Gasteiger partial charge on any atom is 0.237 e. The molecule has 1 unspecified atom stereocenters. The lowest BCUT2D eigenvalue weighted by atomic mass is 10.1. The summed E-state index contributed by atoms with van der Waals surface area (Å²) in [6.07, 6.45) is 0. The summed E-state index contributed by atoms with van der Waals surface area (Å²) in [5.41, 5.74) is 1.03. The lowest BCUT2D eigenvalue weighted by Crippen LogP contribution is -2.29. The highest BCUT2D eigenvalue weighted by Gasteiger charge is 2.30. The number of amides is 2. The fraction of sp³-hybridized carbons (Fsp3) is 0.231. The smallest absolute Gasteiger partial charge is 0.237 e. The number of rotatable bonds is 2. The molecule has 2 N–H and O–H groups in total. The number of anilines is 2. The lowest BCUT2D eigenvalue weighted by molar-refractivity contribution is -0.128.